The molecule has 1 aromatic heterocycles. The average Bonchev–Trinajstić information content (AvgIpc) is 3.02. The van der Waals surface area contributed by atoms with Gasteiger partial charge in [0, 0.05) is 12.1 Å². The summed E-state index contributed by atoms with van der Waals surface area (Å²) in [6, 6.07) is 8.04. The summed E-state index contributed by atoms with van der Waals surface area (Å²) in [6.45, 7) is 5.48. The largest absolute Gasteiger partial charge is 0.497 e. The van der Waals surface area contributed by atoms with E-state index in [9.17, 15) is 0 Å². The van der Waals surface area contributed by atoms with Crippen molar-refractivity contribution in [3.8, 4) is 11.4 Å². The first-order valence-electron chi connectivity index (χ1n) is 7.18. The van der Waals surface area contributed by atoms with Crippen molar-refractivity contribution in [1.82, 2.24) is 9.78 Å². The molecule has 0 saturated heterocycles. The molecule has 0 radical (unpaired) electrons. The molecule has 1 aromatic carbocycles. The first kappa shape index (κ1) is 13.0. The fourth-order valence-electron chi connectivity index (χ4n) is 2.71. The van der Waals surface area contributed by atoms with Gasteiger partial charge in [0.05, 0.1) is 18.5 Å². The fourth-order valence-corrected chi connectivity index (χ4v) is 2.71. The van der Waals surface area contributed by atoms with Gasteiger partial charge in [-0.15, -0.1) is 0 Å². The van der Waals surface area contributed by atoms with E-state index in [4.69, 9.17) is 9.84 Å². The molecule has 1 aliphatic heterocycles. The van der Waals surface area contributed by atoms with E-state index in [2.05, 4.69) is 19.2 Å². The molecule has 3 rings (SSSR count). The first-order valence-corrected chi connectivity index (χ1v) is 7.18. The van der Waals surface area contributed by atoms with Gasteiger partial charge in [0.15, 0.2) is 0 Å². The maximum Gasteiger partial charge on any atom is 0.133 e. The molecule has 1 aliphatic rings. The smallest absolute Gasteiger partial charge is 0.133 e. The van der Waals surface area contributed by atoms with Gasteiger partial charge in [0.25, 0.3) is 0 Å². The summed E-state index contributed by atoms with van der Waals surface area (Å²) in [4.78, 5) is 0. The van der Waals surface area contributed by atoms with Crippen molar-refractivity contribution >= 4 is 5.82 Å². The molecular formula is C16H21N3O. The molecule has 0 spiro atoms. The summed E-state index contributed by atoms with van der Waals surface area (Å²) in [7, 11) is 1.68. The molecule has 0 unspecified atom stereocenters. The van der Waals surface area contributed by atoms with Gasteiger partial charge >= 0.3 is 0 Å². The van der Waals surface area contributed by atoms with Crippen LogP contribution >= 0.6 is 0 Å². The molecule has 0 bridgehead atoms. The van der Waals surface area contributed by atoms with Gasteiger partial charge in [-0.05, 0) is 43.0 Å². The van der Waals surface area contributed by atoms with Gasteiger partial charge in [0.2, 0.25) is 0 Å². The molecule has 0 aliphatic carbocycles. The van der Waals surface area contributed by atoms with Crippen LogP contribution in [0.1, 0.15) is 25.1 Å². The van der Waals surface area contributed by atoms with E-state index in [-0.39, 0.29) is 0 Å². The van der Waals surface area contributed by atoms with Crippen LogP contribution in [0, 0.1) is 5.92 Å². The normalized spacial score (nSPS) is 13.4. The lowest BCUT2D eigenvalue weighted by Crippen LogP contribution is -2.06. The standard InChI is InChI=1S/C16H21N3O/c1-11(2)10-15-14-8-9-17-16(14)19(18-15)12-4-6-13(20-3)7-5-12/h4-7,11,17H,8-10H2,1-3H3. The molecule has 2 heterocycles. The third kappa shape index (κ3) is 2.26. The molecule has 0 saturated carbocycles. The van der Waals surface area contributed by atoms with Crippen LogP contribution in [-0.4, -0.2) is 23.4 Å². The van der Waals surface area contributed by atoms with E-state index in [1.54, 1.807) is 7.11 Å². The lowest BCUT2D eigenvalue weighted by atomic mass is 10.0. The molecule has 0 fully saturated rings. The highest BCUT2D eigenvalue weighted by molar-refractivity contribution is 5.57. The molecule has 4 heteroatoms. The van der Waals surface area contributed by atoms with E-state index in [1.165, 1.54) is 11.3 Å². The van der Waals surface area contributed by atoms with E-state index >= 15 is 0 Å². The zero-order valence-corrected chi connectivity index (χ0v) is 12.3. The number of benzene rings is 1. The maximum atomic E-state index is 5.21. The van der Waals surface area contributed by atoms with Crippen LogP contribution in [0.4, 0.5) is 5.82 Å². The summed E-state index contributed by atoms with van der Waals surface area (Å²) >= 11 is 0. The Labute approximate surface area is 119 Å². The number of anilines is 1. The minimum Gasteiger partial charge on any atom is -0.497 e. The molecule has 20 heavy (non-hydrogen) atoms. The van der Waals surface area contributed by atoms with Crippen molar-refractivity contribution in [3.63, 3.8) is 0 Å². The Morgan fingerprint density at radius 3 is 2.70 bits per heavy atom. The second-order valence-electron chi connectivity index (χ2n) is 5.66. The van der Waals surface area contributed by atoms with Crippen molar-refractivity contribution in [3.05, 3.63) is 35.5 Å². The number of nitrogens with one attached hydrogen (secondary N) is 1. The molecule has 2 aromatic rings. The summed E-state index contributed by atoms with van der Waals surface area (Å²) in [5.41, 5.74) is 3.69. The molecule has 0 atom stereocenters. The summed E-state index contributed by atoms with van der Waals surface area (Å²) < 4.78 is 7.24. The van der Waals surface area contributed by atoms with Crippen molar-refractivity contribution in [1.29, 1.82) is 0 Å². The zero-order valence-electron chi connectivity index (χ0n) is 12.3. The topological polar surface area (TPSA) is 39.1 Å². The summed E-state index contributed by atoms with van der Waals surface area (Å²) in [5.74, 6) is 2.65. The van der Waals surface area contributed by atoms with Gasteiger partial charge in [-0.25, -0.2) is 4.68 Å². The van der Waals surface area contributed by atoms with Crippen molar-refractivity contribution in [2.45, 2.75) is 26.7 Å². The van der Waals surface area contributed by atoms with Gasteiger partial charge in [-0.3, -0.25) is 0 Å². The Bertz CT molecular complexity index is 599. The SMILES string of the molecule is COc1ccc(-n2nc(CC(C)C)c3c2NCC3)cc1. The lowest BCUT2D eigenvalue weighted by molar-refractivity contribution is 0.414. The number of ether oxygens (including phenoxy) is 1. The number of fused-ring (bicyclic) bond motifs is 1. The summed E-state index contributed by atoms with van der Waals surface area (Å²) in [6.07, 6.45) is 2.11. The van der Waals surface area contributed by atoms with E-state index in [1.807, 2.05) is 28.9 Å². The van der Waals surface area contributed by atoms with Crippen LogP contribution < -0.4 is 10.1 Å². The van der Waals surface area contributed by atoms with Crippen LogP contribution in [0.15, 0.2) is 24.3 Å². The van der Waals surface area contributed by atoms with E-state index < -0.39 is 0 Å². The van der Waals surface area contributed by atoms with Crippen molar-refractivity contribution in [2.24, 2.45) is 5.92 Å². The minimum absolute atomic E-state index is 0.624. The number of rotatable bonds is 4. The zero-order chi connectivity index (χ0) is 14.1. The van der Waals surface area contributed by atoms with Crippen LogP contribution in [0.3, 0.4) is 0 Å². The molecule has 0 amide bonds. The Balaban J connectivity index is 2.00. The second-order valence-corrected chi connectivity index (χ2v) is 5.66. The number of hydrogen-bond donors (Lipinski definition) is 1. The third-order valence-corrected chi connectivity index (χ3v) is 3.65. The quantitative estimate of drug-likeness (QED) is 0.929. The first-order chi connectivity index (χ1) is 9.69. The fraction of sp³-hybridized carbons (Fsp3) is 0.438. The van der Waals surface area contributed by atoms with E-state index in [0.717, 1.165) is 36.6 Å². The Kier molecular flexibility index (Phi) is 3.38. The van der Waals surface area contributed by atoms with Crippen LogP contribution in [0.25, 0.3) is 5.69 Å². The predicted molar refractivity (Wildman–Crippen MR) is 80.9 cm³/mol. The Morgan fingerprint density at radius 2 is 2.05 bits per heavy atom. The third-order valence-electron chi connectivity index (χ3n) is 3.65. The summed E-state index contributed by atoms with van der Waals surface area (Å²) in [5, 5.41) is 8.27. The Hall–Kier alpha value is -1.97. The predicted octanol–water partition coefficient (Wildman–Crippen LogP) is 3.05. The number of methoxy groups -OCH3 is 1. The minimum atomic E-state index is 0.624. The van der Waals surface area contributed by atoms with Crippen molar-refractivity contribution < 1.29 is 4.74 Å². The molecule has 106 valence electrons. The lowest BCUT2D eigenvalue weighted by Gasteiger charge is -2.07. The highest BCUT2D eigenvalue weighted by Gasteiger charge is 2.23. The van der Waals surface area contributed by atoms with Gasteiger partial charge in [-0.1, -0.05) is 13.8 Å². The average molecular weight is 271 g/mol. The number of aromatic nitrogens is 2. The van der Waals surface area contributed by atoms with Gasteiger partial charge in [-0.2, -0.15) is 5.10 Å². The highest BCUT2D eigenvalue weighted by atomic mass is 16.5. The van der Waals surface area contributed by atoms with Gasteiger partial charge in [0.1, 0.15) is 11.6 Å². The number of nitrogens with zero attached hydrogens (tertiary/aromatic N) is 2. The van der Waals surface area contributed by atoms with Crippen LogP contribution in [0.5, 0.6) is 5.75 Å². The maximum absolute atomic E-state index is 5.21. The highest BCUT2D eigenvalue weighted by Crippen LogP contribution is 2.30. The van der Waals surface area contributed by atoms with Crippen LogP contribution in [-0.2, 0) is 12.8 Å². The number of hydrogen-bond acceptors (Lipinski definition) is 3. The molecular weight excluding hydrogens is 250 g/mol. The van der Waals surface area contributed by atoms with Crippen molar-refractivity contribution in [2.75, 3.05) is 19.0 Å². The van der Waals surface area contributed by atoms with Gasteiger partial charge < -0.3 is 10.1 Å². The Morgan fingerprint density at radius 1 is 1.30 bits per heavy atom. The van der Waals surface area contributed by atoms with Crippen LogP contribution in [0.2, 0.25) is 0 Å². The monoisotopic (exact) mass is 271 g/mol. The second kappa shape index (κ2) is 5.19. The van der Waals surface area contributed by atoms with E-state index in [0.29, 0.717) is 5.92 Å². The molecule has 1 N–H and O–H groups in total. The molecule has 4 nitrogen and oxygen atoms in total.